The van der Waals surface area contributed by atoms with E-state index in [0.717, 1.165) is 34.1 Å². The highest BCUT2D eigenvalue weighted by Crippen LogP contribution is 2.13. The van der Waals surface area contributed by atoms with Crippen molar-refractivity contribution in [2.45, 2.75) is 13.0 Å². The standard InChI is InChI=1S/C13H14Br2N4S/c14-10-2-4-12(5-3-10)18-13(20)16-6-1-7-19-9-11(15)8-17-19/h2-5,8-9H,1,6-7H2,(H2,16,18,20). The van der Waals surface area contributed by atoms with Gasteiger partial charge in [-0.2, -0.15) is 5.10 Å². The second kappa shape index (κ2) is 7.75. The van der Waals surface area contributed by atoms with E-state index in [1.165, 1.54) is 0 Å². The van der Waals surface area contributed by atoms with E-state index in [-0.39, 0.29) is 0 Å². The molecule has 0 radical (unpaired) electrons. The third-order valence-electron chi connectivity index (χ3n) is 2.55. The Labute approximate surface area is 140 Å². The fourth-order valence-corrected chi connectivity index (χ4v) is 2.42. The Balaban J connectivity index is 1.66. The Morgan fingerprint density at radius 1 is 1.20 bits per heavy atom. The van der Waals surface area contributed by atoms with Gasteiger partial charge in [-0.3, -0.25) is 4.68 Å². The summed E-state index contributed by atoms with van der Waals surface area (Å²) in [7, 11) is 0. The zero-order valence-electron chi connectivity index (χ0n) is 10.6. The highest BCUT2D eigenvalue weighted by atomic mass is 79.9. The van der Waals surface area contributed by atoms with Crippen molar-refractivity contribution < 1.29 is 0 Å². The van der Waals surface area contributed by atoms with E-state index in [0.29, 0.717) is 5.11 Å². The fourth-order valence-electron chi connectivity index (χ4n) is 1.61. The quantitative estimate of drug-likeness (QED) is 0.573. The van der Waals surface area contributed by atoms with E-state index in [4.69, 9.17) is 12.2 Å². The van der Waals surface area contributed by atoms with Gasteiger partial charge in [-0.1, -0.05) is 15.9 Å². The predicted octanol–water partition coefficient (Wildman–Crippen LogP) is 3.78. The Hall–Kier alpha value is -0.920. The fraction of sp³-hybridized carbons (Fsp3) is 0.231. The first kappa shape index (κ1) is 15.5. The first-order valence-electron chi connectivity index (χ1n) is 6.12. The van der Waals surface area contributed by atoms with Gasteiger partial charge >= 0.3 is 0 Å². The highest BCUT2D eigenvalue weighted by Gasteiger charge is 1.98. The molecule has 0 atom stereocenters. The van der Waals surface area contributed by atoms with Crippen LogP contribution in [0.5, 0.6) is 0 Å². The molecule has 2 rings (SSSR count). The number of benzene rings is 1. The monoisotopic (exact) mass is 416 g/mol. The highest BCUT2D eigenvalue weighted by molar-refractivity contribution is 9.10. The molecule has 7 heteroatoms. The minimum atomic E-state index is 0.633. The van der Waals surface area contributed by atoms with Crippen molar-refractivity contribution in [3.8, 4) is 0 Å². The van der Waals surface area contributed by atoms with Gasteiger partial charge in [0.2, 0.25) is 0 Å². The molecule has 0 spiro atoms. The lowest BCUT2D eigenvalue weighted by atomic mass is 10.3. The van der Waals surface area contributed by atoms with Crippen LogP contribution in [0.25, 0.3) is 0 Å². The van der Waals surface area contributed by atoms with E-state index in [1.54, 1.807) is 6.20 Å². The summed E-state index contributed by atoms with van der Waals surface area (Å²) in [6.45, 7) is 1.67. The van der Waals surface area contributed by atoms with Crippen LogP contribution in [0.4, 0.5) is 5.69 Å². The van der Waals surface area contributed by atoms with Crippen molar-refractivity contribution in [1.29, 1.82) is 0 Å². The van der Waals surface area contributed by atoms with Crippen LogP contribution in [-0.2, 0) is 6.54 Å². The largest absolute Gasteiger partial charge is 0.362 e. The molecule has 0 amide bonds. The Morgan fingerprint density at radius 2 is 1.95 bits per heavy atom. The summed E-state index contributed by atoms with van der Waals surface area (Å²) in [5.74, 6) is 0. The maximum Gasteiger partial charge on any atom is 0.170 e. The van der Waals surface area contributed by atoms with E-state index in [9.17, 15) is 0 Å². The number of aryl methyl sites for hydroxylation is 1. The number of hydrogen-bond donors (Lipinski definition) is 2. The van der Waals surface area contributed by atoms with E-state index >= 15 is 0 Å². The number of rotatable bonds is 5. The lowest BCUT2D eigenvalue weighted by Gasteiger charge is -2.10. The molecule has 1 aromatic heterocycles. The minimum Gasteiger partial charge on any atom is -0.362 e. The number of hydrogen-bond acceptors (Lipinski definition) is 2. The second-order valence-electron chi connectivity index (χ2n) is 4.16. The summed E-state index contributed by atoms with van der Waals surface area (Å²) >= 11 is 12.0. The van der Waals surface area contributed by atoms with Crippen LogP contribution in [0.1, 0.15) is 6.42 Å². The topological polar surface area (TPSA) is 41.9 Å². The first-order valence-corrected chi connectivity index (χ1v) is 8.11. The van der Waals surface area contributed by atoms with Gasteiger partial charge in [-0.05, 0) is 58.8 Å². The smallest absolute Gasteiger partial charge is 0.170 e. The normalized spacial score (nSPS) is 10.3. The second-order valence-corrected chi connectivity index (χ2v) is 6.40. The van der Waals surface area contributed by atoms with Crippen molar-refractivity contribution in [3.05, 3.63) is 45.6 Å². The summed E-state index contributed by atoms with van der Waals surface area (Å²) in [5, 5.41) is 11.2. The van der Waals surface area contributed by atoms with Gasteiger partial charge < -0.3 is 10.6 Å². The van der Waals surface area contributed by atoms with Crippen LogP contribution in [0.3, 0.4) is 0 Å². The van der Waals surface area contributed by atoms with Crippen LogP contribution >= 0.6 is 44.1 Å². The number of nitrogens with one attached hydrogen (secondary N) is 2. The van der Waals surface area contributed by atoms with Gasteiger partial charge in [-0.15, -0.1) is 0 Å². The number of anilines is 1. The van der Waals surface area contributed by atoms with Crippen molar-refractivity contribution >= 4 is 54.9 Å². The minimum absolute atomic E-state index is 0.633. The van der Waals surface area contributed by atoms with Crippen molar-refractivity contribution in [2.24, 2.45) is 0 Å². The lowest BCUT2D eigenvalue weighted by molar-refractivity contribution is 0.573. The van der Waals surface area contributed by atoms with E-state index in [2.05, 4.69) is 47.6 Å². The number of halogens is 2. The van der Waals surface area contributed by atoms with Gasteiger partial charge in [0.05, 0.1) is 10.7 Å². The summed E-state index contributed by atoms with van der Waals surface area (Å²) < 4.78 is 3.95. The summed E-state index contributed by atoms with van der Waals surface area (Å²) in [6.07, 6.45) is 4.70. The molecule has 0 aliphatic rings. The maximum atomic E-state index is 5.24. The zero-order valence-corrected chi connectivity index (χ0v) is 14.6. The summed E-state index contributed by atoms with van der Waals surface area (Å²) in [6, 6.07) is 7.89. The Morgan fingerprint density at radius 3 is 2.60 bits per heavy atom. The Bertz CT molecular complexity index is 568. The number of aromatic nitrogens is 2. The molecule has 0 saturated carbocycles. The molecule has 0 aliphatic heterocycles. The molecule has 0 aliphatic carbocycles. The van der Waals surface area contributed by atoms with Gasteiger partial charge in [0.25, 0.3) is 0 Å². The predicted molar refractivity (Wildman–Crippen MR) is 92.9 cm³/mol. The van der Waals surface area contributed by atoms with Gasteiger partial charge in [-0.25, -0.2) is 0 Å². The molecule has 1 aromatic carbocycles. The van der Waals surface area contributed by atoms with E-state index in [1.807, 2.05) is 35.1 Å². The summed E-state index contributed by atoms with van der Waals surface area (Å²) in [4.78, 5) is 0. The molecule has 0 fully saturated rings. The van der Waals surface area contributed by atoms with Crippen LogP contribution in [0.15, 0.2) is 45.6 Å². The van der Waals surface area contributed by atoms with Crippen LogP contribution < -0.4 is 10.6 Å². The van der Waals surface area contributed by atoms with Crippen LogP contribution in [-0.4, -0.2) is 21.4 Å². The third-order valence-corrected chi connectivity index (χ3v) is 3.74. The molecule has 20 heavy (non-hydrogen) atoms. The molecule has 0 bridgehead atoms. The molecule has 1 heterocycles. The van der Waals surface area contributed by atoms with Crippen molar-refractivity contribution in [3.63, 3.8) is 0 Å². The molecule has 2 aromatic rings. The molecular formula is C13H14Br2N4S. The van der Waals surface area contributed by atoms with Crippen molar-refractivity contribution in [1.82, 2.24) is 15.1 Å². The Kier molecular flexibility index (Phi) is 6.00. The third kappa shape index (κ3) is 5.22. The van der Waals surface area contributed by atoms with Gasteiger partial charge in [0, 0.05) is 29.4 Å². The number of nitrogens with zero attached hydrogens (tertiary/aromatic N) is 2. The maximum absolute atomic E-state index is 5.24. The SMILES string of the molecule is S=C(NCCCn1cc(Br)cn1)Nc1ccc(Br)cc1. The van der Waals surface area contributed by atoms with Gasteiger partial charge in [0.1, 0.15) is 0 Å². The van der Waals surface area contributed by atoms with Crippen molar-refractivity contribution in [2.75, 3.05) is 11.9 Å². The average molecular weight is 418 g/mol. The summed E-state index contributed by atoms with van der Waals surface area (Å²) in [5.41, 5.74) is 0.974. The molecule has 2 N–H and O–H groups in total. The molecule has 4 nitrogen and oxygen atoms in total. The molecule has 0 saturated heterocycles. The first-order chi connectivity index (χ1) is 9.63. The molecular weight excluding hydrogens is 404 g/mol. The lowest BCUT2D eigenvalue weighted by Crippen LogP contribution is -2.29. The molecule has 106 valence electrons. The van der Waals surface area contributed by atoms with Gasteiger partial charge in [0.15, 0.2) is 5.11 Å². The number of thiocarbonyl (C=S) groups is 1. The molecule has 0 unspecified atom stereocenters. The average Bonchev–Trinajstić information content (AvgIpc) is 2.83. The van der Waals surface area contributed by atoms with Crippen LogP contribution in [0, 0.1) is 0 Å². The van der Waals surface area contributed by atoms with Crippen LogP contribution in [0.2, 0.25) is 0 Å². The van der Waals surface area contributed by atoms with E-state index < -0.39 is 0 Å². The zero-order chi connectivity index (χ0) is 14.4.